The van der Waals surface area contributed by atoms with Crippen molar-refractivity contribution in [2.75, 3.05) is 13.6 Å². The van der Waals surface area contributed by atoms with Crippen molar-refractivity contribution < 1.29 is 49.6 Å². The number of aliphatic hydroxyl groups is 5. The van der Waals surface area contributed by atoms with E-state index in [4.69, 9.17) is 14.2 Å². The largest absolute Gasteiger partial charge is 0.508 e. The Bertz CT molecular complexity index is 2870. The van der Waals surface area contributed by atoms with Crippen molar-refractivity contribution >= 4 is 44.5 Å². The Labute approximate surface area is 363 Å². The standard InChI is InChI=1S/C51H52N2O10/c1-52-23-30-21-36-41-29-14-17-48(36,47(44(30)57)16-15-32-10-9-31-8-6-28-19-33(55)11-12-35(28)49(31,32)47)63-45-43(62-51(60,39(56)22-29)50(41,45)59)46(58)61-42-38(24-54)53-37-13-7-27-18-25-4-2-3-5-26(25)20-34(27)40(37)42/h2-8,11-13,18-20,22,30-32,36,39,41,43-45,52-57,59-60H,9-10,14-17,21,23-24H2,1H3/t30-,31-,32-,36+,39-,41-,43+,44+,45-,47-,48+,49+,50+,51-/m0/s1. The minimum absolute atomic E-state index is 0.0535. The lowest BCUT2D eigenvalue weighted by atomic mass is 9.36. The minimum atomic E-state index is -2.64. The van der Waals surface area contributed by atoms with Crippen LogP contribution < -0.4 is 10.1 Å². The van der Waals surface area contributed by atoms with Crippen LogP contribution in [-0.4, -0.2) is 96.6 Å². The van der Waals surface area contributed by atoms with E-state index < -0.39 is 76.6 Å². The summed E-state index contributed by atoms with van der Waals surface area (Å²) < 4.78 is 20.5. The first-order valence-electron chi connectivity index (χ1n) is 22.8. The number of ether oxygens (including phenoxy) is 3. The summed E-state index contributed by atoms with van der Waals surface area (Å²) >= 11 is 0. The molecule has 0 unspecified atom stereocenters. The molecule has 2 bridgehead atoms. The molecule has 1 aromatic heterocycles. The highest BCUT2D eigenvalue weighted by Gasteiger charge is 2.87. The molecule has 2 saturated heterocycles. The number of hydrogen-bond acceptors (Lipinski definition) is 11. The summed E-state index contributed by atoms with van der Waals surface area (Å²) in [6, 6.07) is 21.5. The van der Waals surface area contributed by atoms with Crippen molar-refractivity contribution in [1.82, 2.24) is 10.3 Å². The molecule has 12 nitrogen and oxygen atoms in total. The Balaban J connectivity index is 0.997. The number of H-pyrrole nitrogens is 1. The smallest absolute Gasteiger partial charge is 0.343 e. The second-order valence-corrected chi connectivity index (χ2v) is 20.1. The average Bonchev–Trinajstić information content (AvgIpc) is 4.00. The second kappa shape index (κ2) is 12.8. The van der Waals surface area contributed by atoms with Crippen LogP contribution in [0.25, 0.3) is 38.5 Å². The third kappa shape index (κ3) is 4.38. The number of aromatic nitrogens is 1. The molecule has 2 aliphatic heterocycles. The number of rotatable bonds is 5. The van der Waals surface area contributed by atoms with E-state index >= 15 is 4.79 Å². The average molecular weight is 853 g/mol. The number of benzene rings is 4. The van der Waals surface area contributed by atoms with Crippen LogP contribution in [0.1, 0.15) is 61.8 Å². The Morgan fingerprint density at radius 3 is 2.60 bits per heavy atom. The molecule has 5 aromatic rings. The Morgan fingerprint density at radius 2 is 1.79 bits per heavy atom. The second-order valence-electron chi connectivity index (χ2n) is 20.1. The predicted octanol–water partition coefficient (Wildman–Crippen LogP) is 5.23. The van der Waals surface area contributed by atoms with Gasteiger partial charge >= 0.3 is 5.97 Å². The summed E-state index contributed by atoms with van der Waals surface area (Å²) in [6.45, 7) is 0.0320. The lowest BCUT2D eigenvalue weighted by Crippen LogP contribution is -2.83. The van der Waals surface area contributed by atoms with Crippen LogP contribution >= 0.6 is 0 Å². The summed E-state index contributed by atoms with van der Waals surface area (Å²) in [5.74, 6) is -4.57. The molecule has 6 aliphatic carbocycles. The van der Waals surface area contributed by atoms with Gasteiger partial charge in [0.15, 0.2) is 17.5 Å². The molecule has 6 fully saturated rings. The maximum absolute atomic E-state index is 15.2. The first-order chi connectivity index (χ1) is 30.4. The maximum Gasteiger partial charge on any atom is 0.343 e. The van der Waals surface area contributed by atoms with Crippen molar-refractivity contribution in [2.24, 2.45) is 35.0 Å². The van der Waals surface area contributed by atoms with Gasteiger partial charge in [0.25, 0.3) is 0 Å². The third-order valence-corrected chi connectivity index (χ3v) is 18.0. The van der Waals surface area contributed by atoms with Gasteiger partial charge in [-0.15, -0.1) is 0 Å². The fourth-order valence-electron chi connectivity index (χ4n) is 16.1. The van der Waals surface area contributed by atoms with E-state index in [0.717, 1.165) is 57.5 Å². The zero-order valence-corrected chi connectivity index (χ0v) is 35.0. The SMILES string of the molecule is CNC[C@@H]1C[C@@H]2[C@@H]3C4=C[C@H](O)[C@]5(O)O[C@@H](C(=O)Oc6c(CO)[nH]c7ccc8cc9ccccc9cc8c67)[C@H](O[C@@]2(CC4)[C@]2(CC[C@@H]4CC[C@@H]6C=Cc7cc(O)ccc7[C@]462)[C@@H]1O)[C@]35O. The molecule has 8 aliphatic rings. The fraction of sp³-hybridized carbons (Fsp3) is 0.471. The van der Waals surface area contributed by atoms with E-state index in [1.807, 2.05) is 61.6 Å². The van der Waals surface area contributed by atoms with E-state index in [2.05, 4.69) is 28.5 Å². The van der Waals surface area contributed by atoms with Gasteiger partial charge in [0.05, 0.1) is 34.9 Å². The highest BCUT2D eigenvalue weighted by atomic mass is 16.7. The fourth-order valence-corrected chi connectivity index (χ4v) is 16.1. The van der Waals surface area contributed by atoms with Gasteiger partial charge in [-0.2, -0.15) is 0 Å². The number of aromatic hydroxyl groups is 1. The number of esters is 1. The van der Waals surface area contributed by atoms with Crippen LogP contribution in [-0.2, 0) is 26.3 Å². The molecule has 63 heavy (non-hydrogen) atoms. The van der Waals surface area contributed by atoms with Gasteiger partial charge < -0.3 is 55.2 Å². The summed E-state index contributed by atoms with van der Waals surface area (Å²) in [6.07, 6.45) is 4.91. The highest BCUT2D eigenvalue weighted by molar-refractivity contribution is 6.14. The molecule has 12 heteroatoms. The van der Waals surface area contributed by atoms with Crippen molar-refractivity contribution in [2.45, 2.75) is 98.4 Å². The minimum Gasteiger partial charge on any atom is -0.508 e. The number of hydrogen-bond donors (Lipinski definition) is 8. The first kappa shape index (κ1) is 38.8. The summed E-state index contributed by atoms with van der Waals surface area (Å²) in [5.41, 5.74) is -1.27. The summed E-state index contributed by atoms with van der Waals surface area (Å²) in [4.78, 5) is 18.4. The number of carbonyl (C=O) groups is 1. The van der Waals surface area contributed by atoms with Crippen LogP contribution in [0.5, 0.6) is 11.5 Å². The van der Waals surface area contributed by atoms with E-state index in [9.17, 15) is 30.6 Å². The van der Waals surface area contributed by atoms with Crippen LogP contribution in [0.15, 0.2) is 84.5 Å². The lowest BCUT2D eigenvalue weighted by molar-refractivity contribution is -0.387. The summed E-state index contributed by atoms with van der Waals surface area (Å²) in [5, 5.41) is 80.5. The molecule has 4 aromatic carbocycles. The van der Waals surface area contributed by atoms with Gasteiger partial charge in [-0.1, -0.05) is 60.2 Å². The zero-order chi connectivity index (χ0) is 43.0. The molecule has 2 spiro atoms. The van der Waals surface area contributed by atoms with E-state index in [1.165, 1.54) is 0 Å². The van der Waals surface area contributed by atoms with Crippen LogP contribution in [0, 0.1) is 35.0 Å². The Kier molecular flexibility index (Phi) is 7.88. The molecular weight excluding hydrogens is 801 g/mol. The van der Waals surface area contributed by atoms with Gasteiger partial charge in [0.2, 0.25) is 5.79 Å². The monoisotopic (exact) mass is 852 g/mol. The molecule has 14 atom stereocenters. The van der Waals surface area contributed by atoms with Gasteiger partial charge in [-0.25, -0.2) is 4.79 Å². The summed E-state index contributed by atoms with van der Waals surface area (Å²) in [7, 11) is 1.88. The number of phenols is 1. The van der Waals surface area contributed by atoms with Crippen molar-refractivity contribution in [3.63, 3.8) is 0 Å². The first-order valence-corrected chi connectivity index (χ1v) is 22.8. The normalized spacial score (nSPS) is 41.4. The van der Waals surface area contributed by atoms with Crippen molar-refractivity contribution in [3.05, 3.63) is 101 Å². The third-order valence-electron chi connectivity index (χ3n) is 18.0. The Hall–Kier alpha value is -4.63. The van der Waals surface area contributed by atoms with E-state index in [0.29, 0.717) is 43.1 Å². The molecule has 0 radical (unpaired) electrons. The van der Waals surface area contributed by atoms with E-state index in [-0.39, 0.29) is 34.9 Å². The molecule has 4 saturated carbocycles. The maximum atomic E-state index is 15.2. The highest BCUT2D eigenvalue weighted by Crippen LogP contribution is 2.81. The van der Waals surface area contributed by atoms with Gasteiger partial charge in [-0.3, -0.25) is 0 Å². The number of carbonyl (C=O) groups excluding carboxylic acids is 1. The molecule has 3 heterocycles. The molecule has 0 amide bonds. The van der Waals surface area contributed by atoms with Crippen LogP contribution in [0.4, 0.5) is 0 Å². The van der Waals surface area contributed by atoms with Gasteiger partial charge in [-0.05, 0) is 139 Å². The number of aromatic amines is 1. The number of aliphatic hydroxyl groups excluding tert-OH is 3. The van der Waals surface area contributed by atoms with Crippen molar-refractivity contribution in [1.29, 1.82) is 0 Å². The lowest BCUT2D eigenvalue weighted by Gasteiger charge is -2.74. The molecule has 8 N–H and O–H groups in total. The Morgan fingerprint density at radius 1 is 0.968 bits per heavy atom. The predicted molar refractivity (Wildman–Crippen MR) is 232 cm³/mol. The van der Waals surface area contributed by atoms with Crippen LogP contribution in [0.3, 0.4) is 0 Å². The molecule has 13 rings (SSSR count). The zero-order valence-electron chi connectivity index (χ0n) is 35.0. The van der Waals surface area contributed by atoms with Crippen LogP contribution in [0.2, 0.25) is 0 Å². The van der Waals surface area contributed by atoms with E-state index in [1.54, 1.807) is 12.1 Å². The van der Waals surface area contributed by atoms with Crippen molar-refractivity contribution in [3.8, 4) is 11.5 Å². The topological polar surface area (TPSA) is 194 Å². The number of nitrogens with one attached hydrogen (secondary N) is 2. The van der Waals surface area contributed by atoms with Gasteiger partial charge in [0, 0.05) is 23.3 Å². The quantitative estimate of drug-likeness (QED) is 0.0656. The van der Waals surface area contributed by atoms with Gasteiger partial charge in [0.1, 0.15) is 18.0 Å². The number of phenolic OH excluding ortho intramolecular Hbond substituents is 1. The molecule has 326 valence electrons. The number of fused-ring (bicyclic) bond motifs is 5. The number of allylic oxidation sites excluding steroid dienone is 1. The molecular formula is C51H52N2O10.